The summed E-state index contributed by atoms with van der Waals surface area (Å²) >= 11 is 1.25. The summed E-state index contributed by atoms with van der Waals surface area (Å²) in [6.07, 6.45) is 2.83. The van der Waals surface area contributed by atoms with Crippen LogP contribution in [0.4, 0.5) is 0 Å². The van der Waals surface area contributed by atoms with Crippen molar-refractivity contribution in [1.82, 2.24) is 9.55 Å². The number of fused-ring (bicyclic) bond motifs is 1. The zero-order chi connectivity index (χ0) is 22.2. The maximum Gasteiger partial charge on any atom is 0.349 e. The van der Waals surface area contributed by atoms with Gasteiger partial charge in [0.05, 0.1) is 37.5 Å². The smallest absolute Gasteiger partial charge is 0.349 e. The molecule has 166 valence electrons. The molecule has 1 aromatic heterocycles. The molecule has 0 saturated carbocycles. The van der Waals surface area contributed by atoms with E-state index in [0.29, 0.717) is 28.5 Å². The maximum absolute atomic E-state index is 12.8. The van der Waals surface area contributed by atoms with Crippen molar-refractivity contribution >= 4 is 27.4 Å². The lowest BCUT2D eigenvalue weighted by Gasteiger charge is -2.18. The maximum atomic E-state index is 12.8. The Kier molecular flexibility index (Phi) is 6.11. The van der Waals surface area contributed by atoms with E-state index in [1.165, 1.54) is 26.0 Å². The number of hydrogen-bond donors (Lipinski definition) is 0. The van der Waals surface area contributed by atoms with Crippen molar-refractivity contribution < 1.29 is 22.7 Å². The van der Waals surface area contributed by atoms with Crippen LogP contribution >= 0.6 is 11.8 Å². The summed E-state index contributed by atoms with van der Waals surface area (Å²) in [5, 5.41) is 0.573. The van der Waals surface area contributed by atoms with Crippen LogP contribution < -0.4 is 15.2 Å². The minimum absolute atomic E-state index is 0.00863. The van der Waals surface area contributed by atoms with Gasteiger partial charge in [-0.2, -0.15) is 4.98 Å². The lowest BCUT2D eigenvalue weighted by atomic mass is 10.1. The molecular formula is C21H24N2O6S2. The second-order valence-corrected chi connectivity index (χ2v) is 10.9. The second kappa shape index (κ2) is 8.66. The molecule has 1 fully saturated rings. The average molecular weight is 465 g/mol. The third-order valence-corrected chi connectivity index (χ3v) is 8.53. The van der Waals surface area contributed by atoms with Gasteiger partial charge in [0.2, 0.25) is 0 Å². The van der Waals surface area contributed by atoms with E-state index < -0.39 is 15.5 Å². The minimum Gasteiger partial charge on any atom is -0.493 e. The largest absolute Gasteiger partial charge is 0.493 e. The first kappa shape index (κ1) is 21.9. The Hall–Kier alpha value is -2.33. The summed E-state index contributed by atoms with van der Waals surface area (Å²) in [4.78, 5) is 29.8. The van der Waals surface area contributed by atoms with Gasteiger partial charge in [0, 0.05) is 16.8 Å². The van der Waals surface area contributed by atoms with Crippen LogP contribution in [0.2, 0.25) is 0 Å². The number of aromatic nitrogens is 2. The van der Waals surface area contributed by atoms with E-state index in [1.807, 2.05) is 0 Å². The van der Waals surface area contributed by atoms with E-state index >= 15 is 0 Å². The average Bonchev–Trinajstić information content (AvgIpc) is 3.37. The van der Waals surface area contributed by atoms with Crippen molar-refractivity contribution in [2.75, 3.05) is 31.5 Å². The van der Waals surface area contributed by atoms with Gasteiger partial charge in [-0.15, -0.1) is 0 Å². The van der Waals surface area contributed by atoms with Crippen LogP contribution in [0.15, 0.2) is 28.0 Å². The summed E-state index contributed by atoms with van der Waals surface area (Å²) in [5.41, 5.74) is 1.91. The molecule has 31 heavy (non-hydrogen) atoms. The van der Waals surface area contributed by atoms with Crippen LogP contribution in [-0.2, 0) is 22.7 Å². The Balaban J connectivity index is 1.56. The van der Waals surface area contributed by atoms with Crippen LogP contribution in [0.5, 0.6) is 11.5 Å². The van der Waals surface area contributed by atoms with Crippen LogP contribution in [-0.4, -0.2) is 55.2 Å². The third kappa shape index (κ3) is 4.36. The number of ether oxygens (including phenoxy) is 2. The van der Waals surface area contributed by atoms with E-state index in [2.05, 4.69) is 4.98 Å². The Morgan fingerprint density at radius 2 is 2.00 bits per heavy atom. The molecule has 8 nitrogen and oxygen atoms in total. The topological polar surface area (TPSA) is 105 Å². The van der Waals surface area contributed by atoms with Crippen molar-refractivity contribution in [2.24, 2.45) is 0 Å². The van der Waals surface area contributed by atoms with Gasteiger partial charge in [-0.05, 0) is 43.9 Å². The van der Waals surface area contributed by atoms with Gasteiger partial charge < -0.3 is 9.47 Å². The molecular weight excluding hydrogens is 440 g/mol. The van der Waals surface area contributed by atoms with Crippen molar-refractivity contribution in [3.05, 3.63) is 45.5 Å². The number of methoxy groups -OCH3 is 2. The molecule has 4 rings (SSSR count). The summed E-state index contributed by atoms with van der Waals surface area (Å²) in [6.45, 7) is 0. The molecule has 0 amide bonds. The zero-order valence-corrected chi connectivity index (χ0v) is 19.1. The normalized spacial score (nSPS) is 19.2. The number of carbonyl (C=O) groups excluding carboxylic acids is 1. The summed E-state index contributed by atoms with van der Waals surface area (Å²) in [7, 11) is -0.0625. The van der Waals surface area contributed by atoms with Crippen molar-refractivity contribution in [3.8, 4) is 11.5 Å². The predicted molar refractivity (Wildman–Crippen MR) is 117 cm³/mol. The molecule has 0 bridgehead atoms. The number of thioether (sulfide) groups is 1. The number of Topliss-reactive ketones (excluding diaryl/α,β-unsaturated/α-hetero) is 1. The molecule has 1 aliphatic heterocycles. The highest BCUT2D eigenvalue weighted by atomic mass is 32.2. The van der Waals surface area contributed by atoms with Gasteiger partial charge in [-0.25, -0.2) is 13.2 Å². The highest BCUT2D eigenvalue weighted by Crippen LogP contribution is 2.34. The van der Waals surface area contributed by atoms with E-state index in [0.717, 1.165) is 30.5 Å². The number of rotatable bonds is 7. The molecule has 0 spiro atoms. The number of sulfone groups is 1. The molecule has 1 aliphatic carbocycles. The van der Waals surface area contributed by atoms with Gasteiger partial charge in [-0.3, -0.25) is 9.36 Å². The van der Waals surface area contributed by atoms with Crippen molar-refractivity contribution in [3.63, 3.8) is 0 Å². The molecule has 1 saturated heterocycles. The van der Waals surface area contributed by atoms with Crippen LogP contribution in [0.1, 0.15) is 40.5 Å². The van der Waals surface area contributed by atoms with Crippen LogP contribution in [0.3, 0.4) is 0 Å². The highest BCUT2D eigenvalue weighted by molar-refractivity contribution is 8.00. The lowest BCUT2D eigenvalue weighted by Crippen LogP contribution is -2.31. The number of benzene rings is 1. The van der Waals surface area contributed by atoms with Crippen LogP contribution in [0.25, 0.3) is 0 Å². The lowest BCUT2D eigenvalue weighted by molar-refractivity contribution is 0.102. The van der Waals surface area contributed by atoms with Gasteiger partial charge in [-0.1, -0.05) is 11.8 Å². The Morgan fingerprint density at radius 3 is 2.68 bits per heavy atom. The Morgan fingerprint density at radius 1 is 1.23 bits per heavy atom. The summed E-state index contributed by atoms with van der Waals surface area (Å²) < 4.78 is 35.8. The molecule has 10 heteroatoms. The molecule has 0 unspecified atom stereocenters. The van der Waals surface area contributed by atoms with Gasteiger partial charge in [0.15, 0.2) is 27.1 Å². The van der Waals surface area contributed by atoms with Crippen molar-refractivity contribution in [1.29, 1.82) is 0 Å². The molecule has 1 aromatic carbocycles. The first-order chi connectivity index (χ1) is 14.8. The molecule has 2 heterocycles. The fraction of sp³-hybridized carbons (Fsp3) is 0.476. The molecule has 2 aromatic rings. The Bertz CT molecular complexity index is 1190. The quantitative estimate of drug-likeness (QED) is 0.349. The first-order valence-corrected chi connectivity index (χ1v) is 12.9. The molecule has 0 radical (unpaired) electrons. The first-order valence-electron chi connectivity index (χ1n) is 10.1. The van der Waals surface area contributed by atoms with E-state index in [-0.39, 0.29) is 29.1 Å². The van der Waals surface area contributed by atoms with E-state index in [9.17, 15) is 18.0 Å². The minimum atomic E-state index is -3.11. The standard InChI is InChI=1S/C21H24N2O6S2/c1-28-18-7-6-13(10-19(18)29-2)17(24)11-30-20-15-4-3-5-16(15)23(21(25)22-20)14-8-9-31(26,27)12-14/h6-7,10,14H,3-5,8-9,11-12H2,1-2H3/t14-/m0/s1. The Labute approximate surface area is 184 Å². The summed E-state index contributed by atoms with van der Waals surface area (Å²) in [5.74, 6) is 1.15. The number of nitrogens with zero attached hydrogens (tertiary/aromatic N) is 2. The van der Waals surface area contributed by atoms with E-state index in [1.54, 1.807) is 22.8 Å². The van der Waals surface area contributed by atoms with Crippen LogP contribution in [0, 0.1) is 0 Å². The SMILES string of the molecule is COc1ccc(C(=O)CSc2nc(=O)n([C@H]3CCS(=O)(=O)C3)c3c2CCC3)cc1OC. The number of ketones is 1. The number of carbonyl (C=O) groups is 1. The fourth-order valence-electron chi connectivity index (χ4n) is 4.25. The van der Waals surface area contributed by atoms with Gasteiger partial charge >= 0.3 is 5.69 Å². The second-order valence-electron chi connectivity index (χ2n) is 7.69. The number of hydrogen-bond acceptors (Lipinski definition) is 8. The van der Waals surface area contributed by atoms with Gasteiger partial charge in [0.25, 0.3) is 0 Å². The zero-order valence-electron chi connectivity index (χ0n) is 17.4. The van der Waals surface area contributed by atoms with Gasteiger partial charge in [0.1, 0.15) is 5.03 Å². The van der Waals surface area contributed by atoms with E-state index in [4.69, 9.17) is 9.47 Å². The fourth-order valence-corrected chi connectivity index (χ4v) is 6.92. The highest BCUT2D eigenvalue weighted by Gasteiger charge is 2.33. The molecule has 0 N–H and O–H groups in total. The monoisotopic (exact) mass is 464 g/mol. The van der Waals surface area contributed by atoms with Crippen molar-refractivity contribution in [2.45, 2.75) is 36.8 Å². The molecule has 2 aliphatic rings. The molecule has 1 atom stereocenters. The third-order valence-electron chi connectivity index (χ3n) is 5.76. The predicted octanol–water partition coefficient (Wildman–Crippen LogP) is 2.08. The summed E-state index contributed by atoms with van der Waals surface area (Å²) in [6, 6.07) is 4.66.